The Morgan fingerprint density at radius 2 is 1.59 bits per heavy atom. The number of aliphatic hydroxyl groups excluding tert-OH is 4. The van der Waals surface area contributed by atoms with Crippen molar-refractivity contribution in [3.63, 3.8) is 0 Å². The summed E-state index contributed by atoms with van der Waals surface area (Å²) in [4.78, 5) is 10.4. The second-order valence-electron chi connectivity index (χ2n) is 4.54. The number of nitrogens with one attached hydrogen (secondary N) is 2. The monoisotopic (exact) mass is 335 g/mol. The number of hydrogen-bond donors (Lipinski definition) is 6. The van der Waals surface area contributed by atoms with Gasteiger partial charge in [0.25, 0.3) is 5.69 Å². The zero-order valence-corrected chi connectivity index (χ0v) is 12.3. The average molecular weight is 336 g/mol. The molecule has 6 N–H and O–H groups in total. The second kappa shape index (κ2) is 8.71. The summed E-state index contributed by atoms with van der Waals surface area (Å²) < 4.78 is 0. The summed E-state index contributed by atoms with van der Waals surface area (Å²) in [7, 11) is 0. The molecule has 0 aliphatic heterocycles. The number of anilines is 2. The minimum absolute atomic E-state index is 0.00668. The normalized spacial score (nSPS) is 13.5. The van der Waals surface area contributed by atoms with Crippen molar-refractivity contribution in [3.8, 4) is 0 Å². The molecule has 2 unspecified atom stereocenters. The lowest BCUT2D eigenvalue weighted by molar-refractivity contribution is -0.383. The molecule has 0 heterocycles. The highest BCUT2D eigenvalue weighted by Crippen LogP contribution is 2.34. The molecule has 10 heteroatoms. The van der Waals surface area contributed by atoms with Crippen LogP contribution in [0.1, 0.15) is 0 Å². The maximum Gasteiger partial charge on any atom is 0.293 e. The Morgan fingerprint density at radius 1 is 1.09 bits per heavy atom. The number of nitro groups is 1. The molecular weight excluding hydrogens is 318 g/mol. The van der Waals surface area contributed by atoms with Gasteiger partial charge in [0.15, 0.2) is 0 Å². The molecule has 0 bridgehead atoms. The molecule has 2 atom stereocenters. The van der Waals surface area contributed by atoms with E-state index in [-0.39, 0.29) is 29.5 Å². The number of aliphatic hydroxyl groups is 4. The van der Waals surface area contributed by atoms with Crippen LogP contribution in [-0.2, 0) is 0 Å². The van der Waals surface area contributed by atoms with Crippen LogP contribution in [0.15, 0.2) is 12.1 Å². The van der Waals surface area contributed by atoms with E-state index in [1.54, 1.807) is 0 Å². The number of nitro benzene ring substituents is 1. The number of halogens is 1. The number of benzene rings is 1. The van der Waals surface area contributed by atoms with Crippen LogP contribution in [0, 0.1) is 10.1 Å². The highest BCUT2D eigenvalue weighted by Gasteiger charge is 2.18. The van der Waals surface area contributed by atoms with Gasteiger partial charge in [-0.15, -0.1) is 0 Å². The zero-order valence-electron chi connectivity index (χ0n) is 11.6. The van der Waals surface area contributed by atoms with E-state index in [0.29, 0.717) is 5.69 Å². The van der Waals surface area contributed by atoms with Crippen molar-refractivity contribution in [1.29, 1.82) is 0 Å². The lowest BCUT2D eigenvalue weighted by Crippen LogP contribution is -2.24. The Bertz CT molecular complexity index is 516. The summed E-state index contributed by atoms with van der Waals surface area (Å²) in [6.45, 7) is -1.00. The first kappa shape index (κ1) is 18.4. The summed E-state index contributed by atoms with van der Waals surface area (Å²) in [5.74, 6) is 0. The summed E-state index contributed by atoms with van der Waals surface area (Å²) in [5, 5.41) is 52.6. The van der Waals surface area contributed by atoms with Crippen LogP contribution in [0.2, 0.25) is 5.02 Å². The number of rotatable bonds is 9. The molecule has 0 aromatic heterocycles. The predicted molar refractivity (Wildman–Crippen MR) is 81.3 cm³/mol. The SMILES string of the molecule is O=[N+]([O-])c1cc(Cl)c(NCC(O)CO)cc1NCC(O)CO. The molecule has 0 fully saturated rings. The van der Waals surface area contributed by atoms with Crippen LogP contribution in [0.5, 0.6) is 0 Å². The van der Waals surface area contributed by atoms with Gasteiger partial charge in [0.05, 0.1) is 41.1 Å². The molecule has 0 amide bonds. The Hall–Kier alpha value is -1.65. The molecule has 124 valence electrons. The van der Waals surface area contributed by atoms with Gasteiger partial charge in [-0.05, 0) is 6.07 Å². The minimum atomic E-state index is -1.07. The van der Waals surface area contributed by atoms with Crippen molar-refractivity contribution in [2.75, 3.05) is 36.9 Å². The Labute approximate surface area is 131 Å². The predicted octanol–water partition coefficient (Wildman–Crippen LogP) is -0.222. The van der Waals surface area contributed by atoms with E-state index < -0.39 is 30.3 Å². The molecule has 0 spiro atoms. The van der Waals surface area contributed by atoms with Crippen LogP contribution >= 0.6 is 11.6 Å². The zero-order chi connectivity index (χ0) is 16.7. The van der Waals surface area contributed by atoms with Crippen molar-refractivity contribution < 1.29 is 25.3 Å². The summed E-state index contributed by atoms with van der Waals surface area (Å²) in [6, 6.07) is 2.48. The first-order chi connectivity index (χ1) is 10.4. The number of hydrogen-bond acceptors (Lipinski definition) is 8. The molecule has 9 nitrogen and oxygen atoms in total. The third-order valence-electron chi connectivity index (χ3n) is 2.76. The fourth-order valence-corrected chi connectivity index (χ4v) is 1.80. The van der Waals surface area contributed by atoms with Crippen molar-refractivity contribution in [2.24, 2.45) is 0 Å². The van der Waals surface area contributed by atoms with Gasteiger partial charge in [-0.3, -0.25) is 10.1 Å². The molecule has 0 aliphatic carbocycles. The average Bonchev–Trinajstić information content (AvgIpc) is 2.50. The molecule has 0 aliphatic rings. The van der Waals surface area contributed by atoms with Gasteiger partial charge in [-0.1, -0.05) is 11.6 Å². The Balaban J connectivity index is 2.97. The van der Waals surface area contributed by atoms with Gasteiger partial charge in [0.2, 0.25) is 0 Å². The van der Waals surface area contributed by atoms with Crippen LogP contribution in [0.4, 0.5) is 17.1 Å². The Morgan fingerprint density at radius 3 is 2.05 bits per heavy atom. The van der Waals surface area contributed by atoms with Crippen molar-refractivity contribution in [1.82, 2.24) is 0 Å². The molecule has 1 aromatic carbocycles. The van der Waals surface area contributed by atoms with Crippen LogP contribution < -0.4 is 10.6 Å². The maximum atomic E-state index is 11.0. The first-order valence-corrected chi connectivity index (χ1v) is 6.80. The first-order valence-electron chi connectivity index (χ1n) is 6.42. The maximum absolute atomic E-state index is 11.0. The summed E-state index contributed by atoms with van der Waals surface area (Å²) in [5.41, 5.74) is 0.132. The van der Waals surface area contributed by atoms with E-state index in [0.717, 1.165) is 6.07 Å². The molecule has 22 heavy (non-hydrogen) atoms. The van der Waals surface area contributed by atoms with Crippen LogP contribution in [0.3, 0.4) is 0 Å². The second-order valence-corrected chi connectivity index (χ2v) is 4.95. The van der Waals surface area contributed by atoms with Crippen LogP contribution in [0.25, 0.3) is 0 Å². The molecule has 0 radical (unpaired) electrons. The Kier molecular flexibility index (Phi) is 7.28. The molecule has 1 aromatic rings. The van der Waals surface area contributed by atoms with Gasteiger partial charge in [-0.2, -0.15) is 0 Å². The van der Waals surface area contributed by atoms with Gasteiger partial charge in [0.1, 0.15) is 5.69 Å². The quantitative estimate of drug-likeness (QED) is 0.268. The van der Waals surface area contributed by atoms with E-state index in [4.69, 9.17) is 21.8 Å². The van der Waals surface area contributed by atoms with E-state index in [9.17, 15) is 20.3 Å². The summed E-state index contributed by atoms with van der Waals surface area (Å²) in [6.07, 6.45) is -2.07. The van der Waals surface area contributed by atoms with E-state index in [1.807, 2.05) is 0 Å². The topological polar surface area (TPSA) is 148 Å². The number of nitrogens with zero attached hydrogens (tertiary/aromatic N) is 1. The lowest BCUT2D eigenvalue weighted by Gasteiger charge is -2.15. The van der Waals surface area contributed by atoms with E-state index >= 15 is 0 Å². The van der Waals surface area contributed by atoms with Gasteiger partial charge in [-0.25, -0.2) is 0 Å². The lowest BCUT2D eigenvalue weighted by atomic mass is 10.2. The van der Waals surface area contributed by atoms with Crippen molar-refractivity contribution in [2.45, 2.75) is 12.2 Å². The van der Waals surface area contributed by atoms with Crippen molar-refractivity contribution >= 4 is 28.7 Å². The minimum Gasteiger partial charge on any atom is -0.394 e. The molecular formula is C12H18ClN3O6. The fraction of sp³-hybridized carbons (Fsp3) is 0.500. The highest BCUT2D eigenvalue weighted by atomic mass is 35.5. The third-order valence-corrected chi connectivity index (χ3v) is 3.07. The smallest absolute Gasteiger partial charge is 0.293 e. The van der Waals surface area contributed by atoms with E-state index in [1.165, 1.54) is 6.07 Å². The molecule has 0 saturated carbocycles. The standard InChI is InChI=1S/C12H18ClN3O6/c13-9-1-12(16(21)22)11(15-4-8(20)6-18)2-10(9)14-3-7(19)5-17/h1-2,7-8,14-15,17-20H,3-6H2. The van der Waals surface area contributed by atoms with Gasteiger partial charge in [0, 0.05) is 19.2 Å². The highest BCUT2D eigenvalue weighted by molar-refractivity contribution is 6.33. The van der Waals surface area contributed by atoms with Crippen LogP contribution in [-0.4, -0.2) is 63.9 Å². The third kappa shape index (κ3) is 5.28. The summed E-state index contributed by atoms with van der Waals surface area (Å²) >= 11 is 5.93. The molecule has 1 rings (SSSR count). The van der Waals surface area contributed by atoms with Crippen molar-refractivity contribution in [3.05, 3.63) is 27.3 Å². The largest absolute Gasteiger partial charge is 0.394 e. The van der Waals surface area contributed by atoms with E-state index in [2.05, 4.69) is 10.6 Å². The fourth-order valence-electron chi connectivity index (χ4n) is 1.58. The van der Waals surface area contributed by atoms with Gasteiger partial charge < -0.3 is 31.1 Å². The molecule has 0 saturated heterocycles. The van der Waals surface area contributed by atoms with Gasteiger partial charge >= 0.3 is 0 Å².